The van der Waals surface area contributed by atoms with Gasteiger partial charge < -0.3 is 15.1 Å². The molecule has 174 valence electrons. The summed E-state index contributed by atoms with van der Waals surface area (Å²) in [7, 11) is 0. The van der Waals surface area contributed by atoms with E-state index in [9.17, 15) is 9.59 Å². The van der Waals surface area contributed by atoms with Crippen LogP contribution in [0, 0.1) is 6.92 Å². The summed E-state index contributed by atoms with van der Waals surface area (Å²) in [6, 6.07) is 22.7. The van der Waals surface area contributed by atoms with Crippen molar-refractivity contribution in [2.45, 2.75) is 6.92 Å². The molecule has 0 radical (unpaired) electrons. The highest BCUT2D eigenvalue weighted by atomic mass is 79.9. The van der Waals surface area contributed by atoms with Gasteiger partial charge in [-0.1, -0.05) is 34.1 Å². The van der Waals surface area contributed by atoms with Crippen LogP contribution in [0.4, 0.5) is 11.4 Å². The van der Waals surface area contributed by atoms with Crippen LogP contribution >= 0.6 is 28.1 Å². The van der Waals surface area contributed by atoms with E-state index in [0.717, 1.165) is 40.1 Å². The lowest BCUT2D eigenvalue weighted by Crippen LogP contribution is -2.48. The van der Waals surface area contributed by atoms with E-state index in [1.165, 1.54) is 0 Å². The minimum absolute atomic E-state index is 0.0935. The van der Waals surface area contributed by atoms with Gasteiger partial charge in [-0.25, -0.2) is 0 Å². The van der Waals surface area contributed by atoms with Crippen LogP contribution in [-0.4, -0.2) is 48.0 Å². The minimum Gasteiger partial charge on any atom is -0.368 e. The molecule has 8 heteroatoms. The highest BCUT2D eigenvalue weighted by molar-refractivity contribution is 9.10. The second-order valence-corrected chi connectivity index (χ2v) is 9.38. The van der Waals surface area contributed by atoms with Crippen molar-refractivity contribution in [3.8, 4) is 0 Å². The summed E-state index contributed by atoms with van der Waals surface area (Å²) in [5.74, 6) is -0.171. The van der Waals surface area contributed by atoms with Crippen molar-refractivity contribution in [3.05, 3.63) is 94.0 Å². The van der Waals surface area contributed by atoms with Gasteiger partial charge in [0.1, 0.15) is 0 Å². The molecular formula is C26H25BrN4O2S. The first-order chi connectivity index (χ1) is 16.4. The van der Waals surface area contributed by atoms with Crippen molar-refractivity contribution in [2.24, 2.45) is 0 Å². The van der Waals surface area contributed by atoms with Gasteiger partial charge in [0.2, 0.25) is 0 Å². The van der Waals surface area contributed by atoms with Crippen molar-refractivity contribution < 1.29 is 9.59 Å². The largest absolute Gasteiger partial charge is 0.368 e. The van der Waals surface area contributed by atoms with E-state index in [2.05, 4.69) is 31.5 Å². The number of anilines is 2. The molecule has 1 aliphatic rings. The number of nitrogens with one attached hydrogen (secondary N) is 2. The topological polar surface area (TPSA) is 64.7 Å². The summed E-state index contributed by atoms with van der Waals surface area (Å²) in [6.45, 7) is 4.87. The fraction of sp³-hybridized carbons (Fsp3) is 0.192. The Morgan fingerprint density at radius 1 is 0.882 bits per heavy atom. The number of piperazine rings is 1. The number of nitrogens with zero attached hydrogens (tertiary/aromatic N) is 2. The molecule has 1 aliphatic heterocycles. The van der Waals surface area contributed by atoms with E-state index in [4.69, 9.17) is 12.2 Å². The van der Waals surface area contributed by atoms with E-state index in [-0.39, 0.29) is 16.9 Å². The molecule has 34 heavy (non-hydrogen) atoms. The van der Waals surface area contributed by atoms with Crippen LogP contribution in [0.5, 0.6) is 0 Å². The molecule has 0 aliphatic carbocycles. The Bertz CT molecular complexity index is 1190. The molecule has 1 heterocycles. The van der Waals surface area contributed by atoms with Crippen LogP contribution in [0.3, 0.4) is 0 Å². The third kappa shape index (κ3) is 5.81. The molecule has 1 saturated heterocycles. The van der Waals surface area contributed by atoms with Crippen LogP contribution < -0.4 is 15.5 Å². The van der Waals surface area contributed by atoms with E-state index in [0.29, 0.717) is 18.7 Å². The van der Waals surface area contributed by atoms with Gasteiger partial charge in [0, 0.05) is 53.2 Å². The molecule has 2 amide bonds. The predicted molar refractivity (Wildman–Crippen MR) is 144 cm³/mol. The van der Waals surface area contributed by atoms with Gasteiger partial charge in [-0.05, 0) is 79.3 Å². The lowest BCUT2D eigenvalue weighted by Gasteiger charge is -2.36. The Hall–Kier alpha value is -3.23. The number of thiocarbonyl (C=S) groups is 1. The number of amides is 2. The molecule has 0 unspecified atom stereocenters. The maximum absolute atomic E-state index is 12.8. The smallest absolute Gasteiger partial charge is 0.257 e. The van der Waals surface area contributed by atoms with Crippen molar-refractivity contribution >= 4 is 56.4 Å². The summed E-state index contributed by atoms with van der Waals surface area (Å²) in [5, 5.41) is 5.98. The maximum Gasteiger partial charge on any atom is 0.257 e. The number of aryl methyl sites for hydroxylation is 1. The van der Waals surface area contributed by atoms with Gasteiger partial charge in [-0.3, -0.25) is 14.9 Å². The normalized spacial score (nSPS) is 13.4. The zero-order chi connectivity index (χ0) is 24.1. The van der Waals surface area contributed by atoms with E-state index < -0.39 is 0 Å². The predicted octanol–water partition coefficient (Wildman–Crippen LogP) is 4.85. The molecule has 0 bridgehead atoms. The second kappa shape index (κ2) is 10.8. The molecule has 0 saturated carbocycles. The number of halogens is 1. The Morgan fingerprint density at radius 3 is 2.18 bits per heavy atom. The lowest BCUT2D eigenvalue weighted by atomic mass is 10.1. The van der Waals surface area contributed by atoms with Crippen LogP contribution in [0.15, 0.2) is 77.3 Å². The molecule has 0 spiro atoms. The maximum atomic E-state index is 12.8. The van der Waals surface area contributed by atoms with Gasteiger partial charge in [0.15, 0.2) is 5.11 Å². The van der Waals surface area contributed by atoms with Crippen LogP contribution in [0.1, 0.15) is 26.3 Å². The average molecular weight is 537 g/mol. The van der Waals surface area contributed by atoms with Crippen molar-refractivity contribution in [3.63, 3.8) is 0 Å². The zero-order valence-corrected chi connectivity index (χ0v) is 21.2. The van der Waals surface area contributed by atoms with E-state index in [1.807, 2.05) is 72.5 Å². The van der Waals surface area contributed by atoms with Gasteiger partial charge in [0.05, 0.1) is 0 Å². The minimum atomic E-state index is -0.264. The number of carbonyl (C=O) groups excluding carboxylic acids is 2. The fourth-order valence-electron chi connectivity index (χ4n) is 3.85. The van der Waals surface area contributed by atoms with Gasteiger partial charge >= 0.3 is 0 Å². The Morgan fingerprint density at radius 2 is 1.53 bits per heavy atom. The molecule has 3 aromatic rings. The molecule has 4 rings (SSSR count). The number of hydrogen-bond acceptors (Lipinski definition) is 4. The number of rotatable bonds is 4. The molecule has 2 N–H and O–H groups in total. The lowest BCUT2D eigenvalue weighted by molar-refractivity contribution is 0.0746. The first kappa shape index (κ1) is 23.9. The summed E-state index contributed by atoms with van der Waals surface area (Å²) >= 11 is 8.64. The van der Waals surface area contributed by atoms with Crippen LogP contribution in [-0.2, 0) is 0 Å². The van der Waals surface area contributed by atoms with Crippen molar-refractivity contribution in [1.82, 2.24) is 10.2 Å². The number of benzene rings is 3. The molecule has 6 nitrogen and oxygen atoms in total. The number of carbonyl (C=O) groups is 2. The first-order valence-corrected chi connectivity index (χ1v) is 12.2. The zero-order valence-electron chi connectivity index (χ0n) is 18.8. The molecular weight excluding hydrogens is 512 g/mol. The standard InChI is InChI=1S/C26H25BrN4O2S/c1-18-4-2-3-5-23(18)25(33)31-16-14-30(15-17-31)22-12-10-21(11-13-22)28-26(34)29-24(32)19-6-8-20(27)9-7-19/h2-13H,14-17H2,1H3,(H2,28,29,32,34). The summed E-state index contributed by atoms with van der Waals surface area (Å²) in [4.78, 5) is 29.3. The first-order valence-electron chi connectivity index (χ1n) is 11.0. The molecule has 1 fully saturated rings. The molecule has 3 aromatic carbocycles. The SMILES string of the molecule is Cc1ccccc1C(=O)N1CCN(c2ccc(NC(=S)NC(=O)c3ccc(Br)cc3)cc2)CC1. The Labute approximate surface area is 213 Å². The summed E-state index contributed by atoms with van der Waals surface area (Å²) in [5.41, 5.74) is 4.18. The highest BCUT2D eigenvalue weighted by Gasteiger charge is 2.23. The average Bonchev–Trinajstić information content (AvgIpc) is 2.85. The third-order valence-electron chi connectivity index (χ3n) is 5.77. The Kier molecular flexibility index (Phi) is 7.59. The Balaban J connectivity index is 1.29. The third-order valence-corrected chi connectivity index (χ3v) is 6.50. The molecule has 0 atom stereocenters. The summed E-state index contributed by atoms with van der Waals surface area (Å²) < 4.78 is 0.907. The van der Waals surface area contributed by atoms with Crippen LogP contribution in [0.2, 0.25) is 0 Å². The van der Waals surface area contributed by atoms with Crippen molar-refractivity contribution in [2.75, 3.05) is 36.4 Å². The van der Waals surface area contributed by atoms with Crippen LogP contribution in [0.25, 0.3) is 0 Å². The quantitative estimate of drug-likeness (QED) is 0.467. The van der Waals surface area contributed by atoms with Gasteiger partial charge in [-0.15, -0.1) is 0 Å². The molecule has 0 aromatic heterocycles. The summed E-state index contributed by atoms with van der Waals surface area (Å²) in [6.07, 6.45) is 0. The van der Waals surface area contributed by atoms with E-state index in [1.54, 1.807) is 12.1 Å². The number of hydrogen-bond donors (Lipinski definition) is 2. The highest BCUT2D eigenvalue weighted by Crippen LogP contribution is 2.21. The second-order valence-electron chi connectivity index (χ2n) is 8.06. The van der Waals surface area contributed by atoms with Gasteiger partial charge in [-0.2, -0.15) is 0 Å². The van der Waals surface area contributed by atoms with Crippen molar-refractivity contribution in [1.29, 1.82) is 0 Å². The monoisotopic (exact) mass is 536 g/mol. The van der Waals surface area contributed by atoms with E-state index >= 15 is 0 Å². The fourth-order valence-corrected chi connectivity index (χ4v) is 4.32. The van der Waals surface area contributed by atoms with Gasteiger partial charge in [0.25, 0.3) is 11.8 Å².